The number of ether oxygens (including phenoxy) is 1. The van der Waals surface area contributed by atoms with Gasteiger partial charge in [0.2, 0.25) is 5.91 Å². The first-order valence-electron chi connectivity index (χ1n) is 9.68. The summed E-state index contributed by atoms with van der Waals surface area (Å²) in [6.45, 7) is 0.678. The largest absolute Gasteiger partial charge is 0.394 e. The van der Waals surface area contributed by atoms with Crippen molar-refractivity contribution in [2.45, 2.75) is 18.5 Å². The first-order valence-corrected chi connectivity index (χ1v) is 9.68. The average Bonchev–Trinajstić information content (AvgIpc) is 3.17. The number of hydrogen-bond donors (Lipinski definition) is 2. The number of fused-ring (bicyclic) bond motifs is 3. The fraction of sp³-hybridized carbons (Fsp3) is 0.348. The minimum atomic E-state index is -0.317. The molecule has 1 fully saturated rings. The second-order valence-electron chi connectivity index (χ2n) is 7.41. The fourth-order valence-electron chi connectivity index (χ4n) is 4.34. The molecule has 2 aromatic carbocycles. The molecule has 0 saturated carbocycles. The molecule has 1 amide bonds. The number of halogens is 1. The highest BCUT2D eigenvalue weighted by Gasteiger charge is 2.45. The molecule has 2 aliphatic rings. The zero-order valence-corrected chi connectivity index (χ0v) is 16.2. The number of likely N-dealkylation sites (tertiary alicyclic amines) is 1. The van der Waals surface area contributed by atoms with E-state index in [9.17, 15) is 14.3 Å². The highest BCUT2D eigenvalue weighted by atomic mass is 19.1. The van der Waals surface area contributed by atoms with E-state index >= 15 is 0 Å². The maximum Gasteiger partial charge on any atom is 0.249 e. The molecule has 29 heavy (non-hydrogen) atoms. The van der Waals surface area contributed by atoms with Crippen molar-refractivity contribution in [1.82, 2.24) is 4.90 Å². The van der Waals surface area contributed by atoms with Crippen LogP contribution >= 0.6 is 0 Å². The number of carbonyl (C=O) groups excluding carboxylic acids is 1. The number of nitrogens with one attached hydrogen (secondary N) is 1. The van der Waals surface area contributed by atoms with Gasteiger partial charge in [-0.1, -0.05) is 17.9 Å². The van der Waals surface area contributed by atoms with Crippen molar-refractivity contribution >= 4 is 11.6 Å². The molecule has 0 unspecified atom stereocenters. The van der Waals surface area contributed by atoms with Crippen LogP contribution in [0.2, 0.25) is 0 Å². The predicted molar refractivity (Wildman–Crippen MR) is 108 cm³/mol. The Bertz CT molecular complexity index is 982. The van der Waals surface area contributed by atoms with Crippen LogP contribution in [0.1, 0.15) is 29.2 Å². The topological polar surface area (TPSA) is 61.8 Å². The molecule has 3 atom stereocenters. The summed E-state index contributed by atoms with van der Waals surface area (Å²) in [5, 5.41) is 13.2. The van der Waals surface area contributed by atoms with Crippen molar-refractivity contribution in [3.63, 3.8) is 0 Å². The van der Waals surface area contributed by atoms with Gasteiger partial charge in [-0.3, -0.25) is 4.79 Å². The van der Waals surface area contributed by atoms with E-state index in [2.05, 4.69) is 17.2 Å². The minimum absolute atomic E-state index is 0.00798. The third kappa shape index (κ3) is 3.84. The van der Waals surface area contributed by atoms with Gasteiger partial charge in [0, 0.05) is 36.4 Å². The Hall–Kier alpha value is -2.88. The minimum Gasteiger partial charge on any atom is -0.394 e. The Morgan fingerprint density at radius 1 is 1.28 bits per heavy atom. The van der Waals surface area contributed by atoms with E-state index in [0.29, 0.717) is 12.1 Å². The summed E-state index contributed by atoms with van der Waals surface area (Å²) in [7, 11) is 1.51. The first-order chi connectivity index (χ1) is 14.1. The van der Waals surface area contributed by atoms with Gasteiger partial charge in [0.05, 0.1) is 18.7 Å². The van der Waals surface area contributed by atoms with Crippen molar-refractivity contribution in [2.75, 3.05) is 32.2 Å². The summed E-state index contributed by atoms with van der Waals surface area (Å²) in [5.74, 6) is 5.84. The molecular weight excluding hydrogens is 371 g/mol. The van der Waals surface area contributed by atoms with Crippen LogP contribution in [0.15, 0.2) is 42.5 Å². The van der Waals surface area contributed by atoms with Gasteiger partial charge in [0.1, 0.15) is 12.4 Å². The normalized spacial score (nSPS) is 22.2. The molecule has 150 valence electrons. The van der Waals surface area contributed by atoms with Crippen LogP contribution < -0.4 is 5.32 Å². The van der Waals surface area contributed by atoms with E-state index in [0.717, 1.165) is 23.2 Å². The predicted octanol–water partition coefficient (Wildman–Crippen LogP) is 2.55. The zero-order valence-electron chi connectivity index (χ0n) is 16.2. The van der Waals surface area contributed by atoms with E-state index in [4.69, 9.17) is 4.74 Å². The van der Waals surface area contributed by atoms with Gasteiger partial charge in [-0.15, -0.1) is 0 Å². The van der Waals surface area contributed by atoms with Crippen LogP contribution in [0, 0.1) is 23.6 Å². The molecular formula is C23H23FN2O3. The van der Waals surface area contributed by atoms with E-state index in [1.165, 1.54) is 19.2 Å². The lowest BCUT2D eigenvalue weighted by Gasteiger charge is -2.39. The number of methoxy groups -OCH3 is 1. The van der Waals surface area contributed by atoms with Crippen LogP contribution in [0.3, 0.4) is 0 Å². The highest BCUT2D eigenvalue weighted by molar-refractivity contribution is 5.79. The Kier molecular flexibility index (Phi) is 5.52. The number of nitrogens with zero attached hydrogens (tertiary/aromatic N) is 1. The van der Waals surface area contributed by atoms with E-state index in [1.54, 1.807) is 12.1 Å². The van der Waals surface area contributed by atoms with Crippen molar-refractivity contribution in [3.8, 4) is 11.8 Å². The molecule has 2 aliphatic heterocycles. The van der Waals surface area contributed by atoms with Crippen molar-refractivity contribution < 1.29 is 19.0 Å². The summed E-state index contributed by atoms with van der Waals surface area (Å²) in [5.41, 5.74) is 3.30. The Labute approximate surface area is 169 Å². The number of aliphatic hydroxyl groups is 1. The molecule has 4 rings (SSSR count). The van der Waals surface area contributed by atoms with Crippen molar-refractivity contribution in [1.29, 1.82) is 0 Å². The van der Waals surface area contributed by atoms with Gasteiger partial charge >= 0.3 is 0 Å². The van der Waals surface area contributed by atoms with Gasteiger partial charge in [0.25, 0.3) is 0 Å². The Balaban J connectivity index is 1.69. The van der Waals surface area contributed by atoms with Gasteiger partial charge in [-0.2, -0.15) is 0 Å². The summed E-state index contributed by atoms with van der Waals surface area (Å²) >= 11 is 0. The first kappa shape index (κ1) is 19.4. The molecule has 0 radical (unpaired) electrons. The van der Waals surface area contributed by atoms with Crippen LogP contribution in [-0.2, 0) is 9.53 Å². The molecule has 2 aromatic rings. The second kappa shape index (κ2) is 8.24. The van der Waals surface area contributed by atoms with Crippen LogP contribution in [0.5, 0.6) is 0 Å². The maximum absolute atomic E-state index is 13.4. The van der Waals surface area contributed by atoms with Crippen molar-refractivity contribution in [2.24, 2.45) is 5.92 Å². The number of aliphatic hydroxyl groups excluding tert-OH is 1. The highest BCUT2D eigenvalue weighted by Crippen LogP contribution is 2.46. The number of carbonyl (C=O) groups is 1. The monoisotopic (exact) mass is 394 g/mol. The third-order valence-corrected chi connectivity index (χ3v) is 5.63. The van der Waals surface area contributed by atoms with Crippen LogP contribution in [0.25, 0.3) is 0 Å². The lowest BCUT2D eigenvalue weighted by molar-refractivity contribution is -0.136. The van der Waals surface area contributed by atoms with Gasteiger partial charge < -0.3 is 20.1 Å². The SMILES string of the molecule is COCC(=O)N1CC[C@@H]2[C@H](CO)Nc3ccc(C#Cc4cccc(F)c4)cc3[C@@H]21. The number of hydrogen-bond acceptors (Lipinski definition) is 4. The fourth-order valence-corrected chi connectivity index (χ4v) is 4.34. The summed E-state index contributed by atoms with van der Waals surface area (Å²) < 4.78 is 18.4. The maximum atomic E-state index is 13.4. The smallest absolute Gasteiger partial charge is 0.249 e. The summed E-state index contributed by atoms with van der Waals surface area (Å²) in [6, 6.07) is 11.8. The standard InChI is InChI=1S/C23H23FN2O3/c1-29-14-22(28)26-10-9-18-21(13-27)25-20-8-7-16(12-19(20)23(18)26)6-5-15-3-2-4-17(24)11-15/h2-4,7-8,11-12,18,21,23,25,27H,9-10,13-14H2,1H3/t18-,21+,23-/m1/s1. The van der Waals surface area contributed by atoms with Crippen LogP contribution in [0.4, 0.5) is 10.1 Å². The molecule has 1 saturated heterocycles. The number of rotatable bonds is 3. The average molecular weight is 394 g/mol. The molecule has 0 spiro atoms. The molecule has 2 heterocycles. The van der Waals surface area contributed by atoms with E-state index in [1.807, 2.05) is 23.1 Å². The lowest BCUT2D eigenvalue weighted by atomic mass is 9.82. The Morgan fingerprint density at radius 3 is 2.79 bits per heavy atom. The van der Waals surface area contributed by atoms with E-state index in [-0.39, 0.29) is 42.9 Å². The Morgan fingerprint density at radius 2 is 2.07 bits per heavy atom. The number of benzene rings is 2. The summed E-state index contributed by atoms with van der Waals surface area (Å²) in [4.78, 5) is 14.4. The lowest BCUT2D eigenvalue weighted by Crippen LogP contribution is -2.43. The van der Waals surface area contributed by atoms with E-state index < -0.39 is 0 Å². The van der Waals surface area contributed by atoms with Crippen molar-refractivity contribution in [3.05, 3.63) is 65.0 Å². The molecule has 0 bridgehead atoms. The second-order valence-corrected chi connectivity index (χ2v) is 7.41. The molecule has 6 heteroatoms. The van der Waals surface area contributed by atoms with Crippen LogP contribution in [-0.4, -0.2) is 48.8 Å². The number of anilines is 1. The number of amides is 1. The molecule has 0 aromatic heterocycles. The molecule has 0 aliphatic carbocycles. The summed E-state index contributed by atoms with van der Waals surface area (Å²) in [6.07, 6.45) is 0.816. The van der Waals surface area contributed by atoms with Gasteiger partial charge in [0.15, 0.2) is 0 Å². The third-order valence-electron chi connectivity index (χ3n) is 5.63. The zero-order chi connectivity index (χ0) is 20.4. The van der Waals surface area contributed by atoms with Gasteiger partial charge in [-0.05, 0) is 48.4 Å². The van der Waals surface area contributed by atoms with Gasteiger partial charge in [-0.25, -0.2) is 4.39 Å². The molecule has 5 nitrogen and oxygen atoms in total. The quantitative estimate of drug-likeness (QED) is 0.786. The molecule has 2 N–H and O–H groups in total.